The average molecular weight is 511 g/mol. The normalized spacial score (nSPS) is 42.7. The highest BCUT2D eigenvalue weighted by Gasteiger charge is 2.68. The molecule has 7 rings (SSSR count). The molecule has 9 heteroatoms. The average Bonchev–Trinajstić information content (AvgIpc) is 3.15. The van der Waals surface area contributed by atoms with E-state index in [9.17, 15) is 14.4 Å². The van der Waals surface area contributed by atoms with E-state index >= 15 is 0 Å². The molecule has 1 aromatic carbocycles. The van der Waals surface area contributed by atoms with Crippen molar-refractivity contribution in [2.24, 2.45) is 11.8 Å². The molecule has 3 aliphatic heterocycles. The molecule has 6 fully saturated rings. The molecule has 0 aromatic heterocycles. The van der Waals surface area contributed by atoms with E-state index in [4.69, 9.17) is 18.9 Å². The van der Waals surface area contributed by atoms with Crippen LogP contribution in [-0.2, 0) is 23.8 Å². The molecule has 0 N–H and O–H groups in total. The molecule has 0 radical (unpaired) electrons. The van der Waals surface area contributed by atoms with Gasteiger partial charge in [0.25, 0.3) is 0 Å². The topological polar surface area (TPSA) is 94.6 Å². The number of carbonyl (C=O) groups is 3. The van der Waals surface area contributed by atoms with Gasteiger partial charge in [-0.2, -0.15) is 0 Å². The first-order valence-corrected chi connectivity index (χ1v) is 13.9. The van der Waals surface area contributed by atoms with E-state index in [1.54, 1.807) is 12.1 Å². The molecule has 3 amide bonds. The van der Waals surface area contributed by atoms with E-state index in [0.29, 0.717) is 5.75 Å². The maximum Gasteiger partial charge on any atom is 0.416 e. The van der Waals surface area contributed by atoms with E-state index in [1.165, 1.54) is 11.9 Å². The quantitative estimate of drug-likeness (QED) is 0.536. The smallest absolute Gasteiger partial charge is 0.410 e. The van der Waals surface area contributed by atoms with Crippen molar-refractivity contribution in [3.8, 4) is 5.75 Å². The van der Waals surface area contributed by atoms with E-state index < -0.39 is 42.3 Å². The van der Waals surface area contributed by atoms with Crippen molar-refractivity contribution in [2.45, 2.75) is 100 Å². The van der Waals surface area contributed by atoms with Crippen molar-refractivity contribution in [1.29, 1.82) is 0 Å². The molecule has 10 unspecified atom stereocenters. The molecule has 198 valence electrons. The molecular formula is C28H34N2O7. The van der Waals surface area contributed by atoms with Crippen molar-refractivity contribution in [3.63, 3.8) is 0 Å². The van der Waals surface area contributed by atoms with Gasteiger partial charge >= 0.3 is 6.09 Å². The summed E-state index contributed by atoms with van der Waals surface area (Å²) < 4.78 is 26.0. The standard InChI is InChI=1S/C28H34N2O7/c1-29-26(31)20-21(27(29)32)24-25(37-19-14-8-7-13-18(19)36-24)22-23(20)35-17-12-6-5-11-16(17)30(22)28(33)34-15-9-3-2-4-10-15/h2-4,9-10,16-25H,5-8,11-14H2,1H3. The number of fused-ring (bicyclic) bond motifs is 8. The Bertz CT molecular complexity index is 1080. The van der Waals surface area contributed by atoms with Crippen LogP contribution in [0.25, 0.3) is 0 Å². The second kappa shape index (κ2) is 9.06. The lowest BCUT2D eigenvalue weighted by atomic mass is 9.69. The third-order valence-electron chi connectivity index (χ3n) is 9.47. The van der Waals surface area contributed by atoms with Gasteiger partial charge in [-0.15, -0.1) is 0 Å². The van der Waals surface area contributed by atoms with Gasteiger partial charge < -0.3 is 18.9 Å². The van der Waals surface area contributed by atoms with E-state index in [0.717, 1.165) is 51.4 Å². The van der Waals surface area contributed by atoms with Crippen molar-refractivity contribution < 1.29 is 33.3 Å². The second-order valence-corrected chi connectivity index (χ2v) is 11.4. The van der Waals surface area contributed by atoms with Crippen LogP contribution in [0.2, 0.25) is 0 Å². The van der Waals surface area contributed by atoms with Crippen molar-refractivity contribution in [2.75, 3.05) is 7.05 Å². The molecule has 0 spiro atoms. The fourth-order valence-corrected chi connectivity index (χ4v) is 7.81. The summed E-state index contributed by atoms with van der Waals surface area (Å²) in [7, 11) is 1.54. The number of benzene rings is 1. The second-order valence-electron chi connectivity index (χ2n) is 11.4. The van der Waals surface area contributed by atoms with Crippen LogP contribution in [0, 0.1) is 11.8 Å². The van der Waals surface area contributed by atoms with Gasteiger partial charge in [0.2, 0.25) is 11.8 Å². The third kappa shape index (κ3) is 3.65. The highest BCUT2D eigenvalue weighted by molar-refractivity contribution is 6.05. The Balaban J connectivity index is 1.31. The first-order valence-electron chi connectivity index (χ1n) is 13.9. The highest BCUT2D eigenvalue weighted by Crippen LogP contribution is 2.51. The fourth-order valence-electron chi connectivity index (χ4n) is 7.81. The number of imide groups is 1. The Morgan fingerprint density at radius 3 is 2.05 bits per heavy atom. The Hall–Kier alpha value is -2.49. The molecule has 3 heterocycles. The minimum absolute atomic E-state index is 0.0896. The van der Waals surface area contributed by atoms with E-state index in [-0.39, 0.29) is 36.2 Å². The van der Waals surface area contributed by atoms with Gasteiger partial charge in [-0.3, -0.25) is 19.4 Å². The molecule has 9 nitrogen and oxygen atoms in total. The van der Waals surface area contributed by atoms with E-state index in [2.05, 4.69) is 0 Å². The van der Waals surface area contributed by atoms with Crippen molar-refractivity contribution in [3.05, 3.63) is 30.3 Å². The Morgan fingerprint density at radius 2 is 1.35 bits per heavy atom. The Labute approximate surface area is 216 Å². The SMILES string of the molecule is CN1C(=O)C2C3OC4CCCCC4OC3C3C(OC4CCCCC4N3C(=O)Oc3ccccc3)C2C1=O. The summed E-state index contributed by atoms with van der Waals surface area (Å²) in [6, 6.07) is 8.29. The molecule has 3 saturated heterocycles. The van der Waals surface area contributed by atoms with E-state index in [1.807, 2.05) is 23.1 Å². The zero-order valence-electron chi connectivity index (χ0n) is 21.1. The highest BCUT2D eigenvalue weighted by atomic mass is 16.6. The van der Waals surface area contributed by atoms with Crippen LogP contribution in [-0.4, -0.2) is 83.5 Å². The molecule has 3 saturated carbocycles. The number of para-hydroxylation sites is 1. The van der Waals surface area contributed by atoms with Gasteiger partial charge in [0.15, 0.2) is 0 Å². The minimum atomic E-state index is -0.706. The number of nitrogens with zero attached hydrogens (tertiary/aromatic N) is 2. The van der Waals surface area contributed by atoms with Crippen LogP contribution >= 0.6 is 0 Å². The molecule has 10 atom stereocenters. The number of morpholine rings is 1. The predicted molar refractivity (Wildman–Crippen MR) is 130 cm³/mol. The maximum atomic E-state index is 13.9. The summed E-state index contributed by atoms with van der Waals surface area (Å²) in [6.45, 7) is 0. The fraction of sp³-hybridized carbons (Fsp3) is 0.679. The summed E-state index contributed by atoms with van der Waals surface area (Å²) >= 11 is 0. The van der Waals surface area contributed by atoms with Crippen LogP contribution in [0.4, 0.5) is 4.79 Å². The van der Waals surface area contributed by atoms with Gasteiger partial charge in [-0.25, -0.2) is 4.79 Å². The van der Waals surface area contributed by atoms with Crippen molar-refractivity contribution >= 4 is 17.9 Å². The van der Waals surface area contributed by atoms with Crippen LogP contribution < -0.4 is 4.74 Å². The number of rotatable bonds is 1. The largest absolute Gasteiger partial charge is 0.416 e. The lowest BCUT2D eigenvalue weighted by Crippen LogP contribution is -2.76. The van der Waals surface area contributed by atoms with Gasteiger partial charge in [-0.05, 0) is 37.8 Å². The molecule has 0 bridgehead atoms. The summed E-state index contributed by atoms with van der Waals surface area (Å²) in [5.41, 5.74) is 0. The predicted octanol–water partition coefficient (Wildman–Crippen LogP) is 2.91. The molecule has 37 heavy (non-hydrogen) atoms. The van der Waals surface area contributed by atoms with Gasteiger partial charge in [0.05, 0.1) is 54.4 Å². The number of hydrogen-bond donors (Lipinski definition) is 0. The number of carbonyl (C=O) groups excluding carboxylic acids is 3. The summed E-state index contributed by atoms with van der Waals surface area (Å²) in [5, 5.41) is 0. The molecular weight excluding hydrogens is 476 g/mol. The molecule has 6 aliphatic rings. The lowest BCUT2D eigenvalue weighted by molar-refractivity contribution is -0.303. The molecule has 3 aliphatic carbocycles. The first-order chi connectivity index (χ1) is 18.0. The number of likely N-dealkylation sites (tertiary alicyclic amines) is 1. The third-order valence-corrected chi connectivity index (χ3v) is 9.47. The number of amides is 3. The van der Waals surface area contributed by atoms with Gasteiger partial charge in [0, 0.05) is 7.05 Å². The van der Waals surface area contributed by atoms with Crippen LogP contribution in [0.3, 0.4) is 0 Å². The number of ether oxygens (including phenoxy) is 4. The monoisotopic (exact) mass is 510 g/mol. The Morgan fingerprint density at radius 1 is 0.784 bits per heavy atom. The maximum absolute atomic E-state index is 13.9. The van der Waals surface area contributed by atoms with Crippen molar-refractivity contribution in [1.82, 2.24) is 9.80 Å². The van der Waals surface area contributed by atoms with Crippen LogP contribution in [0.15, 0.2) is 30.3 Å². The number of hydrogen-bond acceptors (Lipinski definition) is 7. The zero-order valence-corrected chi connectivity index (χ0v) is 21.1. The minimum Gasteiger partial charge on any atom is -0.410 e. The molecule has 1 aromatic rings. The first kappa shape index (κ1) is 23.6. The zero-order chi connectivity index (χ0) is 25.3. The lowest BCUT2D eigenvalue weighted by Gasteiger charge is -2.60. The summed E-state index contributed by atoms with van der Waals surface area (Å²) in [6.07, 6.45) is 4.75. The Kier molecular flexibility index (Phi) is 5.78. The van der Waals surface area contributed by atoms with Crippen LogP contribution in [0.1, 0.15) is 51.4 Å². The van der Waals surface area contributed by atoms with Gasteiger partial charge in [0.1, 0.15) is 11.9 Å². The van der Waals surface area contributed by atoms with Crippen LogP contribution in [0.5, 0.6) is 5.75 Å². The summed E-state index contributed by atoms with van der Waals surface area (Å²) in [5.74, 6) is -1.41. The van der Waals surface area contributed by atoms with Gasteiger partial charge in [-0.1, -0.05) is 43.9 Å². The summed E-state index contributed by atoms with van der Waals surface area (Å²) in [4.78, 5) is 43.8.